The van der Waals surface area contributed by atoms with Gasteiger partial charge in [-0.05, 0) is 12.3 Å². The molecular formula is C12H21N3O. The van der Waals surface area contributed by atoms with Crippen molar-refractivity contribution in [2.75, 3.05) is 6.54 Å². The van der Waals surface area contributed by atoms with Crippen LogP contribution in [0.5, 0.6) is 0 Å². The first-order valence-electron chi connectivity index (χ1n) is 6.40. The zero-order valence-electron chi connectivity index (χ0n) is 9.82. The van der Waals surface area contributed by atoms with Gasteiger partial charge in [-0.3, -0.25) is 0 Å². The number of nitrogens with zero attached hydrogens (tertiary/aromatic N) is 2. The average molecular weight is 223 g/mol. The Morgan fingerprint density at radius 1 is 1.06 bits per heavy atom. The number of nitrogens with two attached hydrogens (primary N) is 1. The second-order valence-electron chi connectivity index (χ2n) is 4.67. The molecule has 0 spiro atoms. The minimum atomic E-state index is 0.574. The van der Waals surface area contributed by atoms with Crippen molar-refractivity contribution in [1.29, 1.82) is 0 Å². The van der Waals surface area contributed by atoms with Gasteiger partial charge in [-0.2, -0.15) is 0 Å². The SMILES string of the molecule is NCCc1nnc(CCC2CCCCC2)o1. The van der Waals surface area contributed by atoms with Gasteiger partial charge in [-0.25, -0.2) is 0 Å². The van der Waals surface area contributed by atoms with Gasteiger partial charge in [0, 0.05) is 19.4 Å². The molecule has 0 radical (unpaired) electrons. The van der Waals surface area contributed by atoms with Crippen LogP contribution in [0, 0.1) is 5.92 Å². The third-order valence-corrected chi connectivity index (χ3v) is 3.36. The maximum Gasteiger partial charge on any atom is 0.217 e. The third-order valence-electron chi connectivity index (χ3n) is 3.36. The van der Waals surface area contributed by atoms with Crippen molar-refractivity contribution in [2.24, 2.45) is 11.7 Å². The molecule has 1 heterocycles. The van der Waals surface area contributed by atoms with E-state index < -0.39 is 0 Å². The fraction of sp³-hybridized carbons (Fsp3) is 0.833. The molecule has 1 aliphatic carbocycles. The van der Waals surface area contributed by atoms with Gasteiger partial charge in [0.05, 0.1) is 0 Å². The second-order valence-corrected chi connectivity index (χ2v) is 4.67. The standard InChI is InChI=1S/C12H21N3O/c13-9-8-12-15-14-11(16-12)7-6-10-4-2-1-3-5-10/h10H,1-9,13H2. The summed E-state index contributed by atoms with van der Waals surface area (Å²) in [6.45, 7) is 0.574. The van der Waals surface area contributed by atoms with Crippen LogP contribution in [-0.2, 0) is 12.8 Å². The van der Waals surface area contributed by atoms with Crippen LogP contribution < -0.4 is 5.73 Å². The van der Waals surface area contributed by atoms with Gasteiger partial charge in [0.25, 0.3) is 0 Å². The zero-order chi connectivity index (χ0) is 11.2. The molecule has 16 heavy (non-hydrogen) atoms. The Hall–Kier alpha value is -0.900. The van der Waals surface area contributed by atoms with E-state index in [2.05, 4.69) is 10.2 Å². The number of aromatic nitrogens is 2. The van der Waals surface area contributed by atoms with E-state index in [4.69, 9.17) is 10.2 Å². The molecule has 1 aromatic heterocycles. The lowest BCUT2D eigenvalue weighted by molar-refractivity contribution is 0.326. The summed E-state index contributed by atoms with van der Waals surface area (Å²) in [5.41, 5.74) is 5.43. The molecule has 1 aliphatic rings. The highest BCUT2D eigenvalue weighted by Gasteiger charge is 2.14. The first-order valence-corrected chi connectivity index (χ1v) is 6.40. The van der Waals surface area contributed by atoms with E-state index in [1.165, 1.54) is 38.5 Å². The van der Waals surface area contributed by atoms with Crippen molar-refractivity contribution < 1.29 is 4.42 Å². The average Bonchev–Trinajstić information content (AvgIpc) is 2.76. The van der Waals surface area contributed by atoms with E-state index in [-0.39, 0.29) is 0 Å². The van der Waals surface area contributed by atoms with Crippen LogP contribution in [0.1, 0.15) is 50.3 Å². The van der Waals surface area contributed by atoms with Crippen molar-refractivity contribution in [3.8, 4) is 0 Å². The maximum atomic E-state index is 5.51. The summed E-state index contributed by atoms with van der Waals surface area (Å²) < 4.78 is 5.51. The largest absolute Gasteiger partial charge is 0.425 e. The fourth-order valence-electron chi connectivity index (χ4n) is 2.42. The summed E-state index contributed by atoms with van der Waals surface area (Å²) >= 11 is 0. The predicted molar refractivity (Wildman–Crippen MR) is 62.0 cm³/mol. The number of hydrogen-bond donors (Lipinski definition) is 1. The van der Waals surface area contributed by atoms with E-state index >= 15 is 0 Å². The van der Waals surface area contributed by atoms with Crippen LogP contribution in [0.4, 0.5) is 0 Å². The highest BCUT2D eigenvalue weighted by Crippen LogP contribution is 2.27. The summed E-state index contributed by atoms with van der Waals surface area (Å²) in [7, 11) is 0. The van der Waals surface area contributed by atoms with E-state index in [1.54, 1.807) is 0 Å². The first kappa shape index (κ1) is 11.6. The molecular weight excluding hydrogens is 202 g/mol. The molecule has 0 aromatic carbocycles. The van der Waals surface area contributed by atoms with Crippen molar-refractivity contribution >= 4 is 0 Å². The summed E-state index contributed by atoms with van der Waals surface area (Å²) in [6.07, 6.45) is 9.79. The first-order chi connectivity index (χ1) is 7.88. The molecule has 0 aliphatic heterocycles. The van der Waals surface area contributed by atoms with Crippen LogP contribution >= 0.6 is 0 Å². The van der Waals surface area contributed by atoms with Gasteiger partial charge in [0.1, 0.15) is 0 Å². The molecule has 1 saturated carbocycles. The molecule has 1 fully saturated rings. The Bertz CT molecular complexity index is 305. The Morgan fingerprint density at radius 3 is 2.44 bits per heavy atom. The lowest BCUT2D eigenvalue weighted by atomic mass is 9.86. The van der Waals surface area contributed by atoms with Crippen molar-refractivity contribution in [3.63, 3.8) is 0 Å². The van der Waals surface area contributed by atoms with Gasteiger partial charge >= 0.3 is 0 Å². The van der Waals surface area contributed by atoms with Crippen LogP contribution in [0.25, 0.3) is 0 Å². The summed E-state index contributed by atoms with van der Waals surface area (Å²) in [6, 6.07) is 0. The summed E-state index contributed by atoms with van der Waals surface area (Å²) in [5, 5.41) is 8.02. The number of rotatable bonds is 5. The minimum absolute atomic E-state index is 0.574. The molecule has 0 bridgehead atoms. The Morgan fingerprint density at radius 2 is 1.75 bits per heavy atom. The molecule has 1 aromatic rings. The zero-order valence-corrected chi connectivity index (χ0v) is 9.82. The molecule has 0 amide bonds. The molecule has 0 atom stereocenters. The molecule has 4 nitrogen and oxygen atoms in total. The quantitative estimate of drug-likeness (QED) is 0.830. The van der Waals surface area contributed by atoms with E-state index in [1.807, 2.05) is 0 Å². The van der Waals surface area contributed by atoms with Crippen molar-refractivity contribution in [2.45, 2.75) is 51.4 Å². The van der Waals surface area contributed by atoms with E-state index in [0.717, 1.165) is 18.2 Å². The van der Waals surface area contributed by atoms with Gasteiger partial charge in [0.2, 0.25) is 11.8 Å². The van der Waals surface area contributed by atoms with Gasteiger partial charge in [-0.15, -0.1) is 10.2 Å². The molecule has 2 rings (SSSR count). The summed E-state index contributed by atoms with van der Waals surface area (Å²) in [5.74, 6) is 2.34. The fourth-order valence-corrected chi connectivity index (χ4v) is 2.42. The number of aryl methyl sites for hydroxylation is 1. The topological polar surface area (TPSA) is 64.9 Å². The Balaban J connectivity index is 1.75. The molecule has 90 valence electrons. The second kappa shape index (κ2) is 5.99. The highest BCUT2D eigenvalue weighted by molar-refractivity contribution is 4.83. The van der Waals surface area contributed by atoms with Gasteiger partial charge in [-0.1, -0.05) is 32.1 Å². The van der Waals surface area contributed by atoms with Crippen LogP contribution in [0.2, 0.25) is 0 Å². The Kier molecular flexibility index (Phi) is 4.34. The normalized spacial score (nSPS) is 17.8. The molecule has 0 unspecified atom stereocenters. The molecule has 4 heteroatoms. The van der Waals surface area contributed by atoms with E-state index in [9.17, 15) is 0 Å². The van der Waals surface area contributed by atoms with E-state index in [0.29, 0.717) is 18.9 Å². The lowest BCUT2D eigenvalue weighted by Crippen LogP contribution is -2.07. The summed E-state index contributed by atoms with van der Waals surface area (Å²) in [4.78, 5) is 0. The van der Waals surface area contributed by atoms with Gasteiger partial charge in [0.15, 0.2) is 0 Å². The smallest absolute Gasteiger partial charge is 0.217 e. The predicted octanol–water partition coefficient (Wildman–Crippen LogP) is 2.08. The maximum absolute atomic E-state index is 5.51. The third kappa shape index (κ3) is 3.30. The Labute approximate surface area is 96.6 Å². The van der Waals surface area contributed by atoms with Crippen molar-refractivity contribution in [3.05, 3.63) is 11.8 Å². The van der Waals surface area contributed by atoms with Gasteiger partial charge < -0.3 is 10.2 Å². The highest BCUT2D eigenvalue weighted by atomic mass is 16.4. The van der Waals surface area contributed by atoms with Crippen LogP contribution in [0.3, 0.4) is 0 Å². The monoisotopic (exact) mass is 223 g/mol. The lowest BCUT2D eigenvalue weighted by Gasteiger charge is -2.20. The molecule has 0 saturated heterocycles. The number of hydrogen-bond acceptors (Lipinski definition) is 4. The minimum Gasteiger partial charge on any atom is -0.425 e. The van der Waals surface area contributed by atoms with Crippen LogP contribution in [-0.4, -0.2) is 16.7 Å². The van der Waals surface area contributed by atoms with Crippen molar-refractivity contribution in [1.82, 2.24) is 10.2 Å². The molecule has 2 N–H and O–H groups in total. The van der Waals surface area contributed by atoms with Crippen LogP contribution in [0.15, 0.2) is 4.42 Å².